The molecule has 3 heterocycles. The predicted molar refractivity (Wildman–Crippen MR) is 139 cm³/mol. The molecule has 0 spiro atoms. The molecular weight excluding hydrogens is 474 g/mol. The molecule has 10 nitrogen and oxygen atoms in total. The highest BCUT2D eigenvalue weighted by Gasteiger charge is 2.33. The minimum absolute atomic E-state index is 0.166. The number of benzene rings is 1. The van der Waals surface area contributed by atoms with Crippen LogP contribution in [-0.4, -0.2) is 91.0 Å². The molecule has 0 saturated carbocycles. The minimum Gasteiger partial charge on any atom is -0.493 e. The van der Waals surface area contributed by atoms with Gasteiger partial charge in [0.1, 0.15) is 18.8 Å². The van der Waals surface area contributed by atoms with Crippen molar-refractivity contribution in [3.63, 3.8) is 0 Å². The largest absolute Gasteiger partial charge is 0.493 e. The zero-order valence-electron chi connectivity index (χ0n) is 21.4. The number of aromatic nitrogens is 2. The molecule has 10 heteroatoms. The Kier molecular flexibility index (Phi) is 7.66. The van der Waals surface area contributed by atoms with Gasteiger partial charge in [0.15, 0.2) is 11.5 Å². The fourth-order valence-electron chi connectivity index (χ4n) is 5.28. The highest BCUT2D eigenvalue weighted by molar-refractivity contribution is 6.21. The lowest BCUT2D eigenvalue weighted by Gasteiger charge is -2.32. The van der Waals surface area contributed by atoms with Crippen LogP contribution in [0.25, 0.3) is 10.9 Å². The van der Waals surface area contributed by atoms with Crippen LogP contribution >= 0.6 is 0 Å². The summed E-state index contributed by atoms with van der Waals surface area (Å²) in [5.74, 6) is 1.02. The van der Waals surface area contributed by atoms with Gasteiger partial charge in [-0.05, 0) is 44.8 Å². The third-order valence-electron chi connectivity index (χ3n) is 7.13. The van der Waals surface area contributed by atoms with Crippen LogP contribution in [0.5, 0.6) is 11.5 Å². The molecule has 2 fully saturated rings. The van der Waals surface area contributed by atoms with Crippen LogP contribution in [-0.2, 0) is 14.3 Å². The van der Waals surface area contributed by atoms with Crippen LogP contribution in [0, 0.1) is 0 Å². The summed E-state index contributed by atoms with van der Waals surface area (Å²) in [6, 6.07) is 3.77. The lowest BCUT2D eigenvalue weighted by atomic mass is 10.0. The standard InChI is InChI=1S/C27H33N5O5/c1-35-10-11-37-26-14-20-19(12-25(26)36-2)27(29-17-28-20)30-21-13-24(34)22(15-23(21)33)32-9-5-6-18(32)16-31-7-3-4-8-31/h12-15,17-18H,3-11,16H2,1-2H3,(H,28,29,30)/t18-/m0/s1. The maximum Gasteiger partial charge on any atom is 0.204 e. The van der Waals surface area contributed by atoms with Gasteiger partial charge in [0.05, 0.1) is 30.6 Å². The van der Waals surface area contributed by atoms with Crippen molar-refractivity contribution in [2.45, 2.75) is 31.7 Å². The zero-order chi connectivity index (χ0) is 25.8. The Labute approximate surface area is 216 Å². The maximum atomic E-state index is 13.2. The SMILES string of the molecule is COCCOc1cc2ncnc(NC3=CC(=O)C(N4CCC[C@H]4CN4CCCC4)=CC3=O)c2cc1OC. The summed E-state index contributed by atoms with van der Waals surface area (Å²) in [7, 11) is 3.16. The van der Waals surface area contributed by atoms with Crippen molar-refractivity contribution in [2.24, 2.45) is 0 Å². The highest BCUT2D eigenvalue weighted by atomic mass is 16.5. The van der Waals surface area contributed by atoms with E-state index in [0.29, 0.717) is 47.1 Å². The van der Waals surface area contributed by atoms with E-state index in [1.165, 1.54) is 31.3 Å². The van der Waals surface area contributed by atoms with Gasteiger partial charge in [0.25, 0.3) is 0 Å². The second kappa shape index (κ2) is 11.3. The molecule has 37 heavy (non-hydrogen) atoms. The van der Waals surface area contributed by atoms with Crippen molar-refractivity contribution in [3.05, 3.63) is 42.0 Å². The van der Waals surface area contributed by atoms with Gasteiger partial charge in [-0.1, -0.05) is 0 Å². The first-order chi connectivity index (χ1) is 18.1. The number of anilines is 1. The monoisotopic (exact) mass is 507 g/mol. The number of ketones is 2. The third kappa shape index (κ3) is 5.45. The average Bonchev–Trinajstić information content (AvgIpc) is 3.58. The number of likely N-dealkylation sites (tertiary alicyclic amines) is 2. The molecule has 0 radical (unpaired) electrons. The number of nitrogens with one attached hydrogen (secondary N) is 1. The molecule has 1 atom stereocenters. The van der Waals surface area contributed by atoms with Crippen LogP contribution in [0.15, 0.2) is 42.0 Å². The van der Waals surface area contributed by atoms with Gasteiger partial charge in [-0.15, -0.1) is 0 Å². The van der Waals surface area contributed by atoms with Crippen molar-refractivity contribution in [1.29, 1.82) is 0 Å². The molecule has 1 aromatic carbocycles. The molecule has 3 aliphatic rings. The van der Waals surface area contributed by atoms with Gasteiger partial charge in [-0.25, -0.2) is 9.97 Å². The molecule has 1 N–H and O–H groups in total. The number of rotatable bonds is 10. The topological polar surface area (TPSA) is 106 Å². The van der Waals surface area contributed by atoms with Crippen molar-refractivity contribution in [2.75, 3.05) is 58.9 Å². The van der Waals surface area contributed by atoms with Crippen LogP contribution in [0.3, 0.4) is 0 Å². The van der Waals surface area contributed by atoms with Gasteiger partial charge in [0, 0.05) is 49.8 Å². The van der Waals surface area contributed by atoms with Gasteiger partial charge in [0.2, 0.25) is 11.6 Å². The summed E-state index contributed by atoms with van der Waals surface area (Å²) in [6.07, 6.45) is 8.79. The van der Waals surface area contributed by atoms with Crippen LogP contribution in [0.4, 0.5) is 5.82 Å². The molecular formula is C27H33N5O5. The number of fused-ring (bicyclic) bond motifs is 1. The average molecular weight is 508 g/mol. The highest BCUT2D eigenvalue weighted by Crippen LogP contribution is 2.35. The number of nitrogens with zero attached hydrogens (tertiary/aromatic N) is 4. The Morgan fingerprint density at radius 3 is 2.59 bits per heavy atom. The Bertz CT molecular complexity index is 1240. The summed E-state index contributed by atoms with van der Waals surface area (Å²) in [5.41, 5.74) is 1.28. The van der Waals surface area contributed by atoms with E-state index >= 15 is 0 Å². The van der Waals surface area contributed by atoms with Crippen molar-refractivity contribution in [3.8, 4) is 11.5 Å². The van der Waals surface area contributed by atoms with Crippen molar-refractivity contribution >= 4 is 28.3 Å². The van der Waals surface area contributed by atoms with Gasteiger partial charge >= 0.3 is 0 Å². The van der Waals surface area contributed by atoms with Crippen molar-refractivity contribution in [1.82, 2.24) is 19.8 Å². The van der Waals surface area contributed by atoms with Crippen LogP contribution < -0.4 is 14.8 Å². The van der Waals surface area contributed by atoms with Gasteiger partial charge in [-0.2, -0.15) is 0 Å². The maximum absolute atomic E-state index is 13.2. The first-order valence-corrected chi connectivity index (χ1v) is 12.8. The first kappa shape index (κ1) is 25.2. The molecule has 2 saturated heterocycles. The smallest absolute Gasteiger partial charge is 0.204 e. The van der Waals surface area contributed by atoms with E-state index in [4.69, 9.17) is 14.2 Å². The second-order valence-electron chi connectivity index (χ2n) is 9.52. The van der Waals surface area contributed by atoms with Gasteiger partial charge < -0.3 is 29.3 Å². The second-order valence-corrected chi connectivity index (χ2v) is 9.52. The third-order valence-corrected chi connectivity index (χ3v) is 7.13. The number of carbonyl (C=O) groups excluding carboxylic acids is 2. The lowest BCUT2D eigenvalue weighted by Crippen LogP contribution is -2.41. The van der Waals surface area contributed by atoms with E-state index in [1.54, 1.807) is 26.4 Å². The Hall–Kier alpha value is -3.50. The minimum atomic E-state index is -0.250. The van der Waals surface area contributed by atoms with E-state index in [-0.39, 0.29) is 23.3 Å². The van der Waals surface area contributed by atoms with Crippen LogP contribution in [0.2, 0.25) is 0 Å². The van der Waals surface area contributed by atoms with Crippen molar-refractivity contribution < 1.29 is 23.8 Å². The number of allylic oxidation sites excluding steroid dienone is 2. The van der Waals surface area contributed by atoms with Gasteiger partial charge in [-0.3, -0.25) is 9.59 Å². The normalized spacial score (nSPS) is 20.4. The molecule has 0 bridgehead atoms. The van der Waals surface area contributed by atoms with E-state index < -0.39 is 0 Å². The molecule has 196 valence electrons. The molecule has 0 amide bonds. The number of methoxy groups -OCH3 is 2. The summed E-state index contributed by atoms with van der Waals surface area (Å²) >= 11 is 0. The Balaban J connectivity index is 1.34. The number of ether oxygens (including phenoxy) is 3. The zero-order valence-corrected chi connectivity index (χ0v) is 21.4. The number of hydrogen-bond donors (Lipinski definition) is 1. The molecule has 1 aromatic heterocycles. The Morgan fingerprint density at radius 1 is 0.973 bits per heavy atom. The number of hydrogen-bond acceptors (Lipinski definition) is 10. The summed E-state index contributed by atoms with van der Waals surface area (Å²) in [4.78, 5) is 39.6. The molecule has 2 aromatic rings. The summed E-state index contributed by atoms with van der Waals surface area (Å²) < 4.78 is 16.3. The molecule has 1 aliphatic carbocycles. The summed E-state index contributed by atoms with van der Waals surface area (Å²) in [5, 5.41) is 3.70. The lowest BCUT2D eigenvalue weighted by molar-refractivity contribution is -0.116. The quantitative estimate of drug-likeness (QED) is 0.381. The number of carbonyl (C=O) groups is 2. The van der Waals surface area contributed by atoms with Crippen LogP contribution in [0.1, 0.15) is 25.7 Å². The molecule has 5 rings (SSSR count). The van der Waals surface area contributed by atoms with E-state index in [0.717, 1.165) is 39.0 Å². The molecule has 2 aliphatic heterocycles. The molecule has 0 unspecified atom stereocenters. The first-order valence-electron chi connectivity index (χ1n) is 12.8. The summed E-state index contributed by atoms with van der Waals surface area (Å²) in [6.45, 7) is 4.77. The Morgan fingerprint density at radius 2 is 1.81 bits per heavy atom. The van der Waals surface area contributed by atoms with E-state index in [2.05, 4.69) is 25.1 Å². The predicted octanol–water partition coefficient (Wildman–Crippen LogP) is 2.56. The fraction of sp³-hybridized carbons (Fsp3) is 0.481. The van der Waals surface area contributed by atoms with E-state index in [1.807, 2.05) is 0 Å². The van der Waals surface area contributed by atoms with E-state index in [9.17, 15) is 9.59 Å². The fourth-order valence-corrected chi connectivity index (χ4v) is 5.28.